The molecule has 0 saturated carbocycles. The van der Waals surface area contributed by atoms with E-state index < -0.39 is 5.91 Å². The third kappa shape index (κ3) is 6.62. The molecule has 2 aromatic rings. The Morgan fingerprint density at radius 3 is 2.00 bits per heavy atom. The number of rotatable bonds is 9. The molecule has 178 valence electrons. The number of hydrogen-bond acceptors (Lipinski definition) is 4. The lowest BCUT2D eigenvalue weighted by atomic mass is 9.92. The minimum Gasteiger partial charge on any atom is -0.290 e. The summed E-state index contributed by atoms with van der Waals surface area (Å²) < 4.78 is 0. The van der Waals surface area contributed by atoms with Gasteiger partial charge in [0.05, 0.1) is 6.04 Å². The molecule has 0 aliphatic heterocycles. The minimum absolute atomic E-state index is 0.0810. The highest BCUT2D eigenvalue weighted by atomic mass is 16.7. The van der Waals surface area contributed by atoms with E-state index in [-0.39, 0.29) is 23.6 Å². The van der Waals surface area contributed by atoms with Crippen LogP contribution >= 0.6 is 0 Å². The van der Waals surface area contributed by atoms with Crippen molar-refractivity contribution in [3.63, 3.8) is 0 Å². The maximum Gasteiger partial charge on any atom is 0.260 e. The molecule has 0 bridgehead atoms. The summed E-state index contributed by atoms with van der Waals surface area (Å²) >= 11 is 0. The van der Waals surface area contributed by atoms with Gasteiger partial charge in [0.25, 0.3) is 11.8 Å². The van der Waals surface area contributed by atoms with Crippen molar-refractivity contribution in [2.75, 3.05) is 6.54 Å². The molecule has 5 nitrogen and oxygen atoms in total. The van der Waals surface area contributed by atoms with Gasteiger partial charge in [-0.15, -0.1) is 0 Å². The molecule has 0 spiro atoms. The number of imide groups is 1. The maximum absolute atomic E-state index is 12.7. The number of hydroxylamine groups is 2. The van der Waals surface area contributed by atoms with E-state index in [0.29, 0.717) is 18.0 Å². The summed E-state index contributed by atoms with van der Waals surface area (Å²) in [6.07, 6.45) is 0.931. The van der Waals surface area contributed by atoms with Crippen LogP contribution in [0.1, 0.15) is 82.1 Å². The van der Waals surface area contributed by atoms with Gasteiger partial charge in [0.15, 0.2) is 0 Å². The Morgan fingerprint density at radius 1 is 0.970 bits per heavy atom. The molecule has 0 fully saturated rings. The van der Waals surface area contributed by atoms with Gasteiger partial charge in [-0.25, -0.2) is 0 Å². The van der Waals surface area contributed by atoms with Crippen molar-refractivity contribution in [1.29, 1.82) is 0 Å². The fourth-order valence-electron chi connectivity index (χ4n) is 3.88. The van der Waals surface area contributed by atoms with Crippen LogP contribution in [0.3, 0.4) is 0 Å². The lowest BCUT2D eigenvalue weighted by Gasteiger charge is -2.44. The molecular formula is C28H38N2O3. The molecular weight excluding hydrogens is 412 g/mol. The standard InChI is InChI=1S/C28H38N2O3/c1-9-25(31)29(10-2)27(32)24-18-16-22(17-19-24)21(5)33-30(28(6,7)8)26(20(3)4)23-14-12-11-13-15-23/h9,11-21,26H,1,10H2,2-8H3. The largest absolute Gasteiger partial charge is 0.290 e. The lowest BCUT2D eigenvalue weighted by Crippen LogP contribution is -2.46. The van der Waals surface area contributed by atoms with Gasteiger partial charge in [-0.05, 0) is 69.9 Å². The Hall–Kier alpha value is -2.76. The first-order valence-corrected chi connectivity index (χ1v) is 11.6. The molecule has 5 heteroatoms. The van der Waals surface area contributed by atoms with Gasteiger partial charge < -0.3 is 0 Å². The third-order valence-corrected chi connectivity index (χ3v) is 5.59. The van der Waals surface area contributed by atoms with E-state index in [0.717, 1.165) is 11.6 Å². The summed E-state index contributed by atoms with van der Waals surface area (Å²) in [5.74, 6) is -0.395. The number of carbonyl (C=O) groups is 2. The van der Waals surface area contributed by atoms with Crippen LogP contribution in [-0.4, -0.2) is 33.9 Å². The monoisotopic (exact) mass is 450 g/mol. The minimum atomic E-state index is -0.398. The van der Waals surface area contributed by atoms with Crippen molar-refractivity contribution in [1.82, 2.24) is 9.96 Å². The SMILES string of the molecule is C=CC(=O)N(CC)C(=O)c1ccc(C(C)ON(C(c2ccccc2)C(C)C)C(C)(C)C)cc1. The molecule has 0 aromatic heterocycles. The van der Waals surface area contributed by atoms with E-state index in [9.17, 15) is 9.59 Å². The van der Waals surface area contributed by atoms with Crippen molar-refractivity contribution < 1.29 is 14.4 Å². The van der Waals surface area contributed by atoms with E-state index in [1.807, 2.05) is 25.1 Å². The fraction of sp³-hybridized carbons (Fsp3) is 0.429. The fourth-order valence-corrected chi connectivity index (χ4v) is 3.88. The quantitative estimate of drug-likeness (QED) is 0.330. The normalized spacial score (nSPS) is 13.6. The molecule has 0 N–H and O–H groups in total. The molecule has 2 unspecified atom stereocenters. The van der Waals surface area contributed by atoms with Gasteiger partial charge >= 0.3 is 0 Å². The zero-order valence-corrected chi connectivity index (χ0v) is 21.0. The van der Waals surface area contributed by atoms with Crippen LogP contribution in [0.5, 0.6) is 0 Å². The Balaban J connectivity index is 2.28. The second-order valence-corrected chi connectivity index (χ2v) is 9.56. The second-order valence-electron chi connectivity index (χ2n) is 9.56. The van der Waals surface area contributed by atoms with Crippen molar-refractivity contribution in [3.8, 4) is 0 Å². The van der Waals surface area contributed by atoms with E-state index in [4.69, 9.17) is 4.84 Å². The first-order chi connectivity index (χ1) is 15.5. The molecule has 0 aliphatic carbocycles. The van der Waals surface area contributed by atoms with Gasteiger partial charge in [-0.1, -0.05) is 62.9 Å². The molecule has 0 saturated heterocycles. The molecule has 2 aromatic carbocycles. The van der Waals surface area contributed by atoms with E-state index in [1.165, 1.54) is 10.5 Å². The van der Waals surface area contributed by atoms with Crippen molar-refractivity contribution >= 4 is 11.8 Å². The number of likely N-dealkylation sites (N-methyl/N-ethyl adjacent to an activating group) is 1. The molecule has 2 atom stereocenters. The van der Waals surface area contributed by atoms with Crippen LogP contribution in [0.15, 0.2) is 67.3 Å². The van der Waals surface area contributed by atoms with E-state index in [1.54, 1.807) is 19.1 Å². The number of hydrogen-bond donors (Lipinski definition) is 0. The Bertz CT molecular complexity index is 930. The van der Waals surface area contributed by atoms with Crippen molar-refractivity contribution in [2.45, 2.75) is 66.2 Å². The van der Waals surface area contributed by atoms with Crippen LogP contribution in [0.2, 0.25) is 0 Å². The van der Waals surface area contributed by atoms with Crippen molar-refractivity contribution in [2.24, 2.45) is 5.92 Å². The zero-order valence-electron chi connectivity index (χ0n) is 21.0. The number of carbonyl (C=O) groups excluding carboxylic acids is 2. The highest BCUT2D eigenvalue weighted by Gasteiger charge is 2.34. The van der Waals surface area contributed by atoms with Crippen LogP contribution in [0, 0.1) is 5.92 Å². The summed E-state index contributed by atoms with van der Waals surface area (Å²) in [4.78, 5) is 32.4. The number of benzene rings is 2. The number of amides is 2. The summed E-state index contributed by atoms with van der Waals surface area (Å²) in [5, 5.41) is 2.10. The second kappa shape index (κ2) is 11.4. The molecule has 0 aliphatic rings. The van der Waals surface area contributed by atoms with Crippen LogP contribution in [0.25, 0.3) is 0 Å². The smallest absolute Gasteiger partial charge is 0.260 e. The summed E-state index contributed by atoms with van der Waals surface area (Å²) in [7, 11) is 0. The topological polar surface area (TPSA) is 49.9 Å². The maximum atomic E-state index is 12.7. The Labute approximate surface area is 199 Å². The van der Waals surface area contributed by atoms with Crippen LogP contribution < -0.4 is 0 Å². The van der Waals surface area contributed by atoms with Crippen LogP contribution in [-0.2, 0) is 9.63 Å². The van der Waals surface area contributed by atoms with Gasteiger partial charge in [-0.2, -0.15) is 5.06 Å². The Morgan fingerprint density at radius 2 is 1.55 bits per heavy atom. The first-order valence-electron chi connectivity index (χ1n) is 11.6. The predicted molar refractivity (Wildman–Crippen MR) is 133 cm³/mol. The molecule has 2 amide bonds. The first kappa shape index (κ1) is 26.5. The van der Waals surface area contributed by atoms with Gasteiger partial charge in [0.1, 0.15) is 6.10 Å². The van der Waals surface area contributed by atoms with Gasteiger partial charge in [0, 0.05) is 17.6 Å². The third-order valence-electron chi connectivity index (χ3n) is 5.59. The lowest BCUT2D eigenvalue weighted by molar-refractivity contribution is -0.272. The zero-order chi connectivity index (χ0) is 24.8. The molecule has 0 radical (unpaired) electrons. The summed E-state index contributed by atoms with van der Waals surface area (Å²) in [6, 6.07) is 17.8. The Kier molecular flexibility index (Phi) is 9.15. The highest BCUT2D eigenvalue weighted by molar-refractivity contribution is 6.07. The highest BCUT2D eigenvalue weighted by Crippen LogP contribution is 2.37. The van der Waals surface area contributed by atoms with Crippen LogP contribution in [0.4, 0.5) is 0 Å². The van der Waals surface area contributed by atoms with E-state index in [2.05, 4.69) is 70.5 Å². The van der Waals surface area contributed by atoms with Gasteiger partial charge in [0.2, 0.25) is 0 Å². The average Bonchev–Trinajstić information content (AvgIpc) is 2.78. The van der Waals surface area contributed by atoms with E-state index >= 15 is 0 Å². The van der Waals surface area contributed by atoms with Gasteiger partial charge in [-0.3, -0.25) is 19.3 Å². The molecule has 33 heavy (non-hydrogen) atoms. The number of nitrogens with zero attached hydrogens (tertiary/aromatic N) is 2. The predicted octanol–water partition coefficient (Wildman–Crippen LogP) is 6.35. The molecule has 0 heterocycles. The molecule has 2 rings (SSSR count). The summed E-state index contributed by atoms with van der Waals surface area (Å²) in [6.45, 7) is 18.4. The average molecular weight is 451 g/mol. The summed E-state index contributed by atoms with van der Waals surface area (Å²) in [5.41, 5.74) is 2.39. The van der Waals surface area contributed by atoms with Crippen molar-refractivity contribution in [3.05, 3.63) is 83.9 Å².